The van der Waals surface area contributed by atoms with Gasteiger partial charge in [-0.05, 0) is 13.8 Å². The monoisotopic (exact) mass is 205 g/mol. The lowest BCUT2D eigenvalue weighted by molar-refractivity contribution is -0.173. The summed E-state index contributed by atoms with van der Waals surface area (Å²) in [5.41, 5.74) is 0. The third-order valence-electron chi connectivity index (χ3n) is 1.70. The lowest BCUT2D eigenvalue weighted by Gasteiger charge is -2.25. The maximum absolute atomic E-state index is 10.8. The molecule has 0 aliphatic carbocycles. The van der Waals surface area contributed by atoms with E-state index < -0.39 is 6.29 Å². The van der Waals surface area contributed by atoms with Crippen LogP contribution in [0.4, 0.5) is 0 Å². The van der Waals surface area contributed by atoms with Crippen LogP contribution in [0.25, 0.3) is 0 Å². The molecule has 0 fully saturated rings. The number of aliphatic hydroxyl groups excluding tert-OH is 1. The minimum atomic E-state index is -0.541. The van der Waals surface area contributed by atoms with Gasteiger partial charge in [-0.1, -0.05) is 0 Å². The summed E-state index contributed by atoms with van der Waals surface area (Å²) in [6, 6.07) is -0.244. The predicted octanol–water partition coefficient (Wildman–Crippen LogP) is -0.119. The number of nitrogens with one attached hydrogen (secondary N) is 1. The molecule has 0 heterocycles. The Morgan fingerprint density at radius 3 is 2.43 bits per heavy atom. The highest BCUT2D eigenvalue weighted by atomic mass is 16.7. The molecular weight excluding hydrogens is 186 g/mol. The Hall–Kier alpha value is -0.650. The highest BCUT2D eigenvalue weighted by molar-refractivity contribution is 5.73. The topological polar surface area (TPSA) is 67.8 Å². The maximum Gasteiger partial charge on any atom is 0.217 e. The summed E-state index contributed by atoms with van der Waals surface area (Å²) in [6.07, 6.45) is -0.850. The van der Waals surface area contributed by atoms with Gasteiger partial charge in [-0.25, -0.2) is 0 Å². The first kappa shape index (κ1) is 13.4. The smallest absolute Gasteiger partial charge is 0.217 e. The SMILES string of the molecule is COC(OC(C)CO)C(C)NC(C)=O. The van der Waals surface area contributed by atoms with Gasteiger partial charge in [0.1, 0.15) is 0 Å². The molecule has 0 aliphatic heterocycles. The normalized spacial score (nSPS) is 17.2. The van der Waals surface area contributed by atoms with Crippen LogP contribution in [0, 0.1) is 0 Å². The van der Waals surface area contributed by atoms with Gasteiger partial charge in [0.05, 0.1) is 18.8 Å². The van der Waals surface area contributed by atoms with Crippen molar-refractivity contribution in [2.75, 3.05) is 13.7 Å². The van der Waals surface area contributed by atoms with Crippen molar-refractivity contribution >= 4 is 5.91 Å². The van der Waals surface area contributed by atoms with E-state index in [0.717, 1.165) is 0 Å². The van der Waals surface area contributed by atoms with E-state index in [9.17, 15) is 4.79 Å². The second kappa shape index (κ2) is 6.75. The van der Waals surface area contributed by atoms with E-state index in [0.29, 0.717) is 0 Å². The maximum atomic E-state index is 10.8. The molecular formula is C9H19NO4. The number of aliphatic hydroxyl groups is 1. The van der Waals surface area contributed by atoms with E-state index in [1.165, 1.54) is 14.0 Å². The van der Waals surface area contributed by atoms with Gasteiger partial charge >= 0.3 is 0 Å². The van der Waals surface area contributed by atoms with Gasteiger partial charge in [0.25, 0.3) is 0 Å². The predicted molar refractivity (Wildman–Crippen MR) is 51.7 cm³/mol. The number of ether oxygens (including phenoxy) is 2. The Morgan fingerprint density at radius 1 is 1.50 bits per heavy atom. The van der Waals surface area contributed by atoms with Gasteiger partial charge < -0.3 is 19.9 Å². The van der Waals surface area contributed by atoms with E-state index in [1.807, 2.05) is 0 Å². The molecule has 84 valence electrons. The quantitative estimate of drug-likeness (QED) is 0.593. The van der Waals surface area contributed by atoms with Gasteiger partial charge in [-0.15, -0.1) is 0 Å². The van der Waals surface area contributed by atoms with Crippen LogP contribution in [-0.4, -0.2) is 43.2 Å². The molecule has 0 radical (unpaired) electrons. The van der Waals surface area contributed by atoms with Gasteiger partial charge in [-0.3, -0.25) is 4.79 Å². The summed E-state index contributed by atoms with van der Waals surface area (Å²) in [5, 5.41) is 11.4. The van der Waals surface area contributed by atoms with Crippen molar-refractivity contribution in [1.29, 1.82) is 0 Å². The van der Waals surface area contributed by atoms with Crippen molar-refractivity contribution < 1.29 is 19.4 Å². The van der Waals surface area contributed by atoms with Crippen molar-refractivity contribution in [3.05, 3.63) is 0 Å². The number of carbonyl (C=O) groups excluding carboxylic acids is 1. The highest BCUT2D eigenvalue weighted by Crippen LogP contribution is 2.04. The summed E-state index contributed by atoms with van der Waals surface area (Å²) >= 11 is 0. The molecule has 0 aromatic heterocycles. The molecule has 5 nitrogen and oxygen atoms in total. The molecule has 0 aliphatic rings. The molecule has 2 N–H and O–H groups in total. The number of methoxy groups -OCH3 is 1. The first-order valence-corrected chi connectivity index (χ1v) is 4.57. The molecule has 3 unspecified atom stereocenters. The fraction of sp³-hybridized carbons (Fsp3) is 0.889. The zero-order valence-electron chi connectivity index (χ0n) is 9.11. The first-order valence-electron chi connectivity index (χ1n) is 4.57. The van der Waals surface area contributed by atoms with Gasteiger partial charge in [0.2, 0.25) is 5.91 Å². The van der Waals surface area contributed by atoms with E-state index >= 15 is 0 Å². The second-order valence-corrected chi connectivity index (χ2v) is 3.22. The largest absolute Gasteiger partial charge is 0.394 e. The molecule has 0 aromatic rings. The number of amides is 1. The number of rotatable bonds is 6. The van der Waals surface area contributed by atoms with Crippen LogP contribution in [0.5, 0.6) is 0 Å². The average Bonchev–Trinajstić information content (AvgIpc) is 2.12. The van der Waals surface area contributed by atoms with E-state index in [-0.39, 0.29) is 24.7 Å². The molecule has 5 heteroatoms. The minimum Gasteiger partial charge on any atom is -0.394 e. The van der Waals surface area contributed by atoms with Crippen LogP contribution in [-0.2, 0) is 14.3 Å². The average molecular weight is 205 g/mol. The lowest BCUT2D eigenvalue weighted by atomic mass is 10.3. The van der Waals surface area contributed by atoms with Crippen molar-refractivity contribution in [3.63, 3.8) is 0 Å². The third kappa shape index (κ3) is 5.16. The van der Waals surface area contributed by atoms with Crippen molar-refractivity contribution in [3.8, 4) is 0 Å². The van der Waals surface area contributed by atoms with Crippen LogP contribution >= 0.6 is 0 Å². The minimum absolute atomic E-state index is 0.0767. The molecule has 0 saturated heterocycles. The van der Waals surface area contributed by atoms with Crippen LogP contribution in [0.3, 0.4) is 0 Å². The summed E-state index contributed by atoms with van der Waals surface area (Å²) in [6.45, 7) is 4.86. The molecule has 3 atom stereocenters. The summed E-state index contributed by atoms with van der Waals surface area (Å²) in [7, 11) is 1.49. The van der Waals surface area contributed by atoms with Crippen molar-refractivity contribution in [1.82, 2.24) is 5.32 Å². The summed E-state index contributed by atoms with van der Waals surface area (Å²) < 4.78 is 10.4. The van der Waals surface area contributed by atoms with Crippen molar-refractivity contribution in [2.45, 2.75) is 39.2 Å². The highest BCUT2D eigenvalue weighted by Gasteiger charge is 2.20. The standard InChI is InChI=1S/C9H19NO4/c1-6(5-11)14-9(13-4)7(2)10-8(3)12/h6-7,9,11H,5H2,1-4H3,(H,10,12). The van der Waals surface area contributed by atoms with E-state index in [2.05, 4.69) is 5.32 Å². The molecule has 0 rings (SSSR count). The van der Waals surface area contributed by atoms with Crippen LogP contribution in [0.1, 0.15) is 20.8 Å². The van der Waals surface area contributed by atoms with Gasteiger partial charge in [0.15, 0.2) is 6.29 Å². The zero-order valence-corrected chi connectivity index (χ0v) is 9.11. The van der Waals surface area contributed by atoms with Crippen LogP contribution < -0.4 is 5.32 Å². The third-order valence-corrected chi connectivity index (χ3v) is 1.70. The summed E-state index contributed by atoms with van der Waals surface area (Å²) in [5.74, 6) is -0.139. The zero-order chi connectivity index (χ0) is 11.1. The van der Waals surface area contributed by atoms with Crippen LogP contribution in [0.15, 0.2) is 0 Å². The second-order valence-electron chi connectivity index (χ2n) is 3.22. The fourth-order valence-electron chi connectivity index (χ4n) is 1.04. The van der Waals surface area contributed by atoms with E-state index in [4.69, 9.17) is 14.6 Å². The number of hydrogen-bond acceptors (Lipinski definition) is 4. The van der Waals surface area contributed by atoms with Gasteiger partial charge in [-0.2, -0.15) is 0 Å². The molecule has 0 saturated carbocycles. The molecule has 14 heavy (non-hydrogen) atoms. The Kier molecular flexibility index (Phi) is 6.44. The molecule has 0 bridgehead atoms. The Labute approximate surface area is 84.4 Å². The Balaban J connectivity index is 4.04. The molecule has 0 aromatic carbocycles. The number of carbonyl (C=O) groups is 1. The van der Waals surface area contributed by atoms with Crippen molar-refractivity contribution in [2.24, 2.45) is 0 Å². The van der Waals surface area contributed by atoms with E-state index in [1.54, 1.807) is 13.8 Å². The number of hydrogen-bond donors (Lipinski definition) is 2. The summed E-state index contributed by atoms with van der Waals surface area (Å²) in [4.78, 5) is 10.8. The molecule has 0 spiro atoms. The Bertz CT molecular complexity index is 174. The lowest BCUT2D eigenvalue weighted by Crippen LogP contribution is -2.44. The van der Waals surface area contributed by atoms with Crippen LogP contribution in [0.2, 0.25) is 0 Å². The van der Waals surface area contributed by atoms with Gasteiger partial charge in [0, 0.05) is 14.0 Å². The molecule has 1 amide bonds. The Morgan fingerprint density at radius 2 is 2.07 bits per heavy atom. The first-order chi connectivity index (χ1) is 6.51. The fourth-order valence-corrected chi connectivity index (χ4v) is 1.04.